The van der Waals surface area contributed by atoms with Gasteiger partial charge in [0.05, 0.1) is 0 Å². The van der Waals surface area contributed by atoms with Crippen LogP contribution < -0.4 is 0 Å². The van der Waals surface area contributed by atoms with Gasteiger partial charge in [0.15, 0.2) is 0 Å². The first kappa shape index (κ1) is 19.9. The first-order chi connectivity index (χ1) is 11.1. The Morgan fingerprint density at radius 2 is 1.00 bits per heavy atom. The summed E-state index contributed by atoms with van der Waals surface area (Å²) >= 11 is 0. The van der Waals surface area contributed by atoms with Crippen molar-refractivity contribution in [2.24, 2.45) is 0 Å². The SMILES string of the molecule is CC(=O)O.CC(C)(OOC(C)(C)c1ccccc1)c1ccccc1. The van der Waals surface area contributed by atoms with Crippen molar-refractivity contribution in [1.82, 2.24) is 0 Å². The van der Waals surface area contributed by atoms with Crippen LogP contribution in [-0.4, -0.2) is 11.1 Å². The van der Waals surface area contributed by atoms with Crippen molar-refractivity contribution < 1.29 is 19.7 Å². The van der Waals surface area contributed by atoms with Gasteiger partial charge in [-0.15, -0.1) is 0 Å². The molecular weight excluding hydrogens is 304 g/mol. The molecule has 2 rings (SSSR count). The highest BCUT2D eigenvalue weighted by atomic mass is 17.2. The maximum Gasteiger partial charge on any atom is 0.300 e. The molecule has 4 nitrogen and oxygen atoms in total. The van der Waals surface area contributed by atoms with Crippen molar-refractivity contribution in [2.45, 2.75) is 45.8 Å². The highest BCUT2D eigenvalue weighted by Gasteiger charge is 2.29. The third kappa shape index (κ3) is 6.52. The number of carboxylic acid groups (broad SMARTS) is 1. The molecule has 130 valence electrons. The Bertz CT molecular complexity index is 563. The lowest BCUT2D eigenvalue weighted by Crippen LogP contribution is -2.29. The van der Waals surface area contributed by atoms with E-state index in [2.05, 4.69) is 0 Å². The molecule has 0 atom stereocenters. The van der Waals surface area contributed by atoms with E-state index in [1.165, 1.54) is 0 Å². The normalized spacial score (nSPS) is 11.4. The Hall–Kier alpha value is -2.17. The second-order valence-electron chi connectivity index (χ2n) is 6.44. The van der Waals surface area contributed by atoms with E-state index in [9.17, 15) is 0 Å². The molecule has 0 saturated carbocycles. The fourth-order valence-corrected chi connectivity index (χ4v) is 1.98. The summed E-state index contributed by atoms with van der Waals surface area (Å²) in [6.45, 7) is 9.10. The highest BCUT2D eigenvalue weighted by molar-refractivity contribution is 5.62. The molecule has 1 N–H and O–H groups in total. The molecule has 0 aliphatic heterocycles. The predicted molar refractivity (Wildman–Crippen MR) is 94.4 cm³/mol. The largest absolute Gasteiger partial charge is 0.481 e. The third-order valence-electron chi connectivity index (χ3n) is 3.40. The fraction of sp³-hybridized carbons (Fsp3) is 0.350. The van der Waals surface area contributed by atoms with Crippen LogP contribution in [0.3, 0.4) is 0 Å². The summed E-state index contributed by atoms with van der Waals surface area (Å²) < 4.78 is 0. The second kappa shape index (κ2) is 8.62. The lowest BCUT2D eigenvalue weighted by molar-refractivity contribution is -0.410. The van der Waals surface area contributed by atoms with Gasteiger partial charge in [0.1, 0.15) is 11.2 Å². The zero-order valence-corrected chi connectivity index (χ0v) is 14.9. The van der Waals surface area contributed by atoms with E-state index in [0.29, 0.717) is 0 Å². The van der Waals surface area contributed by atoms with Crippen LogP contribution in [0.4, 0.5) is 0 Å². The van der Waals surface area contributed by atoms with Crippen LogP contribution in [0.2, 0.25) is 0 Å². The summed E-state index contributed by atoms with van der Waals surface area (Å²) in [4.78, 5) is 20.5. The van der Waals surface area contributed by atoms with E-state index >= 15 is 0 Å². The van der Waals surface area contributed by atoms with Crippen LogP contribution in [0.5, 0.6) is 0 Å². The van der Waals surface area contributed by atoms with Gasteiger partial charge in [0.2, 0.25) is 0 Å². The van der Waals surface area contributed by atoms with Gasteiger partial charge >= 0.3 is 0 Å². The fourth-order valence-electron chi connectivity index (χ4n) is 1.98. The molecule has 0 radical (unpaired) electrons. The summed E-state index contributed by atoms with van der Waals surface area (Å²) in [6.07, 6.45) is 0. The topological polar surface area (TPSA) is 55.8 Å². The Labute approximate surface area is 144 Å². The second-order valence-corrected chi connectivity index (χ2v) is 6.44. The summed E-state index contributed by atoms with van der Waals surface area (Å²) in [5, 5.41) is 7.42. The Morgan fingerprint density at radius 1 is 0.750 bits per heavy atom. The zero-order valence-electron chi connectivity index (χ0n) is 14.9. The van der Waals surface area contributed by atoms with Crippen molar-refractivity contribution in [3.05, 3.63) is 71.8 Å². The van der Waals surface area contributed by atoms with E-state index in [0.717, 1.165) is 18.1 Å². The van der Waals surface area contributed by atoms with Crippen LogP contribution in [0.15, 0.2) is 60.7 Å². The molecule has 0 unspecified atom stereocenters. The van der Waals surface area contributed by atoms with Crippen LogP contribution in [0.25, 0.3) is 0 Å². The summed E-state index contributed by atoms with van der Waals surface area (Å²) in [7, 11) is 0. The minimum Gasteiger partial charge on any atom is -0.481 e. The molecule has 0 heterocycles. The average Bonchev–Trinajstić information content (AvgIpc) is 2.54. The molecule has 0 bridgehead atoms. The average molecular weight is 330 g/mol. The van der Waals surface area contributed by atoms with Gasteiger partial charge in [-0.05, 0) is 38.8 Å². The van der Waals surface area contributed by atoms with Crippen molar-refractivity contribution in [3.63, 3.8) is 0 Å². The molecule has 24 heavy (non-hydrogen) atoms. The predicted octanol–water partition coefficient (Wildman–Crippen LogP) is 4.90. The number of benzene rings is 2. The van der Waals surface area contributed by atoms with Crippen molar-refractivity contribution in [1.29, 1.82) is 0 Å². The number of rotatable bonds is 5. The first-order valence-corrected chi connectivity index (χ1v) is 7.82. The molecule has 2 aromatic rings. The lowest BCUT2D eigenvalue weighted by atomic mass is 9.98. The van der Waals surface area contributed by atoms with E-state index in [4.69, 9.17) is 19.7 Å². The van der Waals surface area contributed by atoms with Crippen LogP contribution in [0, 0.1) is 0 Å². The Balaban J connectivity index is 0.000000648. The van der Waals surface area contributed by atoms with Gasteiger partial charge in [0, 0.05) is 6.92 Å². The standard InChI is InChI=1S/C18H22O2.C2H4O2/c1-17(2,15-11-7-5-8-12-15)19-20-18(3,4)16-13-9-6-10-14-16;1-2(3)4/h5-14H,1-4H3;1H3,(H,3,4). The minimum atomic E-state index is -0.833. The minimum absolute atomic E-state index is 0.493. The van der Waals surface area contributed by atoms with Crippen LogP contribution in [0.1, 0.15) is 45.7 Å². The monoisotopic (exact) mass is 330 g/mol. The van der Waals surface area contributed by atoms with Gasteiger partial charge in [-0.25, -0.2) is 9.78 Å². The van der Waals surface area contributed by atoms with Gasteiger partial charge < -0.3 is 5.11 Å². The molecule has 0 fully saturated rings. The molecule has 0 aliphatic rings. The summed E-state index contributed by atoms with van der Waals surface area (Å²) in [6, 6.07) is 20.2. The van der Waals surface area contributed by atoms with Gasteiger partial charge in [-0.3, -0.25) is 4.79 Å². The van der Waals surface area contributed by atoms with E-state index in [1.54, 1.807) is 0 Å². The van der Waals surface area contributed by atoms with Gasteiger partial charge in [0.25, 0.3) is 5.97 Å². The molecular formula is C20H26O4. The quantitative estimate of drug-likeness (QED) is 0.626. The number of aliphatic carboxylic acids is 1. The zero-order chi connectivity index (χ0) is 18.2. The third-order valence-corrected chi connectivity index (χ3v) is 3.40. The number of carbonyl (C=O) groups is 1. The molecule has 0 aromatic heterocycles. The maximum atomic E-state index is 9.00. The van der Waals surface area contributed by atoms with E-state index in [-0.39, 0.29) is 0 Å². The number of hydrogen-bond acceptors (Lipinski definition) is 3. The smallest absolute Gasteiger partial charge is 0.300 e. The summed E-state index contributed by atoms with van der Waals surface area (Å²) in [5.41, 5.74) is 1.19. The molecule has 4 heteroatoms. The lowest BCUT2D eigenvalue weighted by Gasteiger charge is -2.31. The molecule has 0 aliphatic carbocycles. The first-order valence-electron chi connectivity index (χ1n) is 7.82. The Morgan fingerprint density at radius 3 is 1.25 bits per heavy atom. The maximum absolute atomic E-state index is 9.00. The van der Waals surface area contributed by atoms with Crippen molar-refractivity contribution >= 4 is 5.97 Å². The van der Waals surface area contributed by atoms with Crippen LogP contribution in [-0.2, 0) is 25.8 Å². The summed E-state index contributed by atoms with van der Waals surface area (Å²) in [5.74, 6) is -0.833. The van der Waals surface area contributed by atoms with Crippen molar-refractivity contribution in [2.75, 3.05) is 0 Å². The van der Waals surface area contributed by atoms with Crippen molar-refractivity contribution in [3.8, 4) is 0 Å². The Kier molecular flexibility index (Phi) is 7.14. The molecule has 2 aromatic carbocycles. The van der Waals surface area contributed by atoms with E-state index in [1.807, 2.05) is 88.4 Å². The van der Waals surface area contributed by atoms with E-state index < -0.39 is 17.2 Å². The number of hydrogen-bond donors (Lipinski definition) is 1. The molecule has 0 amide bonds. The highest BCUT2D eigenvalue weighted by Crippen LogP contribution is 2.31. The molecule has 0 saturated heterocycles. The van der Waals surface area contributed by atoms with Gasteiger partial charge in [-0.2, -0.15) is 0 Å². The molecule has 0 spiro atoms. The number of carboxylic acids is 1. The van der Waals surface area contributed by atoms with Crippen LogP contribution >= 0.6 is 0 Å². The van der Waals surface area contributed by atoms with Gasteiger partial charge in [-0.1, -0.05) is 60.7 Å².